The van der Waals surface area contributed by atoms with Crippen LogP contribution in [0.3, 0.4) is 0 Å². The highest BCUT2D eigenvalue weighted by Crippen LogP contribution is 2.18. The second-order valence-corrected chi connectivity index (χ2v) is 5.51. The molecule has 0 aliphatic heterocycles. The Hall–Kier alpha value is -1.18. The molecule has 2 heteroatoms. The third kappa shape index (κ3) is 8.84. The summed E-state index contributed by atoms with van der Waals surface area (Å²) in [6.07, 6.45) is 13.3. The second-order valence-electron chi connectivity index (χ2n) is 5.51. The van der Waals surface area contributed by atoms with Crippen LogP contribution in [0.15, 0.2) is 24.3 Å². The van der Waals surface area contributed by atoms with Crippen molar-refractivity contribution < 1.29 is 9.84 Å². The highest BCUT2D eigenvalue weighted by Gasteiger charge is 1.97. The van der Waals surface area contributed by atoms with Gasteiger partial charge in [-0.15, -0.1) is 0 Å². The van der Waals surface area contributed by atoms with Crippen molar-refractivity contribution in [2.75, 3.05) is 6.61 Å². The highest BCUT2D eigenvalue weighted by atomic mass is 16.5. The predicted octanol–water partition coefficient (Wildman–Crippen LogP) is 6.13. The largest absolute Gasteiger partial charge is 0.493 e. The van der Waals surface area contributed by atoms with E-state index < -0.39 is 0 Å². The number of rotatable bonds is 12. The molecule has 0 unspecified atom stereocenters. The van der Waals surface area contributed by atoms with E-state index in [1.807, 2.05) is 6.07 Å². The van der Waals surface area contributed by atoms with Crippen molar-refractivity contribution in [3.8, 4) is 11.5 Å². The van der Waals surface area contributed by atoms with Crippen LogP contribution < -0.4 is 4.74 Å². The minimum atomic E-state index is 0.0190. The summed E-state index contributed by atoms with van der Waals surface area (Å²) in [6.45, 7) is 2.98. The third-order valence-electron chi connectivity index (χ3n) is 3.57. The van der Waals surface area contributed by atoms with Crippen LogP contribution in [0.5, 0.6) is 11.5 Å². The van der Waals surface area contributed by atoms with E-state index in [1.165, 1.54) is 57.8 Å². The van der Waals surface area contributed by atoms with Crippen LogP contribution in [0.25, 0.3) is 0 Å². The number of unbranched alkanes of at least 4 members (excludes halogenated alkanes) is 9. The van der Waals surface area contributed by atoms with Crippen LogP contribution in [0.2, 0.25) is 0 Å². The lowest BCUT2D eigenvalue weighted by atomic mass is 10.1. The molecular formula is C18H29O2. The van der Waals surface area contributed by atoms with Gasteiger partial charge in [0.15, 0.2) is 5.75 Å². The van der Waals surface area contributed by atoms with Gasteiger partial charge in [0.05, 0.1) is 6.61 Å². The monoisotopic (exact) mass is 277 g/mol. The maximum absolute atomic E-state index is 11.1. The molecule has 20 heavy (non-hydrogen) atoms. The fourth-order valence-electron chi connectivity index (χ4n) is 2.34. The average molecular weight is 277 g/mol. The van der Waals surface area contributed by atoms with E-state index in [1.54, 1.807) is 18.2 Å². The van der Waals surface area contributed by atoms with Crippen molar-refractivity contribution in [2.45, 2.75) is 71.1 Å². The molecule has 1 rings (SSSR count). The van der Waals surface area contributed by atoms with Gasteiger partial charge in [0.25, 0.3) is 0 Å². The predicted molar refractivity (Wildman–Crippen MR) is 83.9 cm³/mol. The van der Waals surface area contributed by atoms with E-state index in [0.29, 0.717) is 5.75 Å². The zero-order valence-electron chi connectivity index (χ0n) is 12.9. The Bertz CT molecular complexity index is 336. The summed E-state index contributed by atoms with van der Waals surface area (Å²) in [5, 5.41) is 11.1. The summed E-state index contributed by atoms with van der Waals surface area (Å²) >= 11 is 0. The smallest absolute Gasteiger partial charge is 0.182 e. The molecule has 0 saturated carbocycles. The summed E-state index contributed by atoms with van der Waals surface area (Å²) in [5.74, 6) is 0.721. The SMILES string of the molecule is CCCCCCCCCCCCOc1cccc([O])c1. The van der Waals surface area contributed by atoms with Crippen molar-refractivity contribution in [2.24, 2.45) is 0 Å². The zero-order chi connectivity index (χ0) is 14.5. The number of benzene rings is 1. The minimum absolute atomic E-state index is 0.0190. The van der Waals surface area contributed by atoms with Gasteiger partial charge in [-0.1, -0.05) is 70.8 Å². The number of ether oxygens (including phenoxy) is 1. The van der Waals surface area contributed by atoms with Gasteiger partial charge in [0, 0.05) is 6.07 Å². The maximum atomic E-state index is 11.1. The van der Waals surface area contributed by atoms with E-state index in [9.17, 15) is 5.11 Å². The molecule has 1 aromatic carbocycles. The van der Waals surface area contributed by atoms with Gasteiger partial charge in [-0.25, -0.2) is 0 Å². The van der Waals surface area contributed by atoms with Crippen molar-refractivity contribution in [3.63, 3.8) is 0 Å². The van der Waals surface area contributed by atoms with E-state index in [0.717, 1.165) is 13.0 Å². The van der Waals surface area contributed by atoms with Gasteiger partial charge in [-0.2, -0.15) is 0 Å². The van der Waals surface area contributed by atoms with Crippen molar-refractivity contribution >= 4 is 0 Å². The molecule has 0 aliphatic carbocycles. The fourth-order valence-corrected chi connectivity index (χ4v) is 2.34. The Kier molecular flexibility index (Phi) is 9.81. The van der Waals surface area contributed by atoms with Crippen LogP contribution in [-0.2, 0) is 5.11 Å². The molecule has 0 saturated heterocycles. The van der Waals surface area contributed by atoms with E-state index >= 15 is 0 Å². The molecule has 0 bridgehead atoms. The van der Waals surface area contributed by atoms with Crippen molar-refractivity contribution in [3.05, 3.63) is 24.3 Å². The van der Waals surface area contributed by atoms with Crippen LogP contribution in [0, 0.1) is 0 Å². The van der Waals surface area contributed by atoms with E-state index in [-0.39, 0.29) is 5.75 Å². The molecule has 0 heterocycles. The number of hydrogen-bond acceptors (Lipinski definition) is 1. The molecule has 0 aromatic heterocycles. The Morgan fingerprint density at radius 3 is 2.05 bits per heavy atom. The van der Waals surface area contributed by atoms with Crippen molar-refractivity contribution in [1.29, 1.82) is 0 Å². The van der Waals surface area contributed by atoms with Crippen LogP contribution >= 0.6 is 0 Å². The molecule has 1 aromatic rings. The molecule has 0 aliphatic rings. The zero-order valence-corrected chi connectivity index (χ0v) is 12.9. The molecular weight excluding hydrogens is 248 g/mol. The topological polar surface area (TPSA) is 29.1 Å². The highest BCUT2D eigenvalue weighted by molar-refractivity contribution is 5.31. The standard InChI is InChI=1S/C18H29O2/c1-2-3-4-5-6-7-8-9-10-11-15-20-18-14-12-13-17(19)16-18/h12-14,16H,2-11,15H2,1H3. The molecule has 113 valence electrons. The third-order valence-corrected chi connectivity index (χ3v) is 3.57. The Labute approximate surface area is 124 Å². The summed E-state index contributed by atoms with van der Waals surface area (Å²) in [5.41, 5.74) is 0. The van der Waals surface area contributed by atoms with E-state index in [2.05, 4.69) is 6.92 Å². The van der Waals surface area contributed by atoms with Crippen molar-refractivity contribution in [1.82, 2.24) is 0 Å². The average Bonchev–Trinajstić information content (AvgIpc) is 2.45. The fraction of sp³-hybridized carbons (Fsp3) is 0.667. The van der Waals surface area contributed by atoms with Crippen LogP contribution in [0.4, 0.5) is 0 Å². The van der Waals surface area contributed by atoms with Gasteiger partial charge >= 0.3 is 0 Å². The summed E-state index contributed by atoms with van der Waals surface area (Å²) in [4.78, 5) is 0. The van der Waals surface area contributed by atoms with Crippen LogP contribution in [-0.4, -0.2) is 6.61 Å². The second kappa shape index (κ2) is 11.6. The quantitative estimate of drug-likeness (QED) is 0.422. The molecule has 0 N–H and O–H groups in total. The van der Waals surface area contributed by atoms with Gasteiger partial charge < -0.3 is 4.74 Å². The van der Waals surface area contributed by atoms with Gasteiger partial charge in [-0.05, 0) is 18.6 Å². The molecule has 0 atom stereocenters. The summed E-state index contributed by atoms with van der Waals surface area (Å²) < 4.78 is 5.56. The van der Waals surface area contributed by atoms with Gasteiger partial charge in [0.2, 0.25) is 0 Å². The minimum Gasteiger partial charge on any atom is -0.493 e. The lowest BCUT2D eigenvalue weighted by Crippen LogP contribution is -1.96. The Balaban J connectivity index is 1.85. The summed E-state index contributed by atoms with van der Waals surface area (Å²) in [6, 6.07) is 6.69. The van der Waals surface area contributed by atoms with Gasteiger partial charge in [0.1, 0.15) is 5.75 Å². The Morgan fingerprint density at radius 1 is 0.850 bits per heavy atom. The first-order valence-corrected chi connectivity index (χ1v) is 8.23. The molecule has 0 spiro atoms. The number of hydrogen-bond donors (Lipinski definition) is 0. The first kappa shape index (κ1) is 16.9. The van der Waals surface area contributed by atoms with Crippen LogP contribution in [0.1, 0.15) is 71.1 Å². The first-order valence-electron chi connectivity index (χ1n) is 8.23. The molecule has 0 amide bonds. The lowest BCUT2D eigenvalue weighted by Gasteiger charge is -2.06. The first-order chi connectivity index (χ1) is 9.83. The summed E-state index contributed by atoms with van der Waals surface area (Å²) in [7, 11) is 0. The molecule has 2 nitrogen and oxygen atoms in total. The van der Waals surface area contributed by atoms with Gasteiger partial charge in [-0.3, -0.25) is 5.11 Å². The normalized spacial score (nSPS) is 10.7. The van der Waals surface area contributed by atoms with E-state index in [4.69, 9.17) is 4.74 Å². The molecule has 0 fully saturated rings. The lowest BCUT2D eigenvalue weighted by molar-refractivity contribution is 0.299. The maximum Gasteiger partial charge on any atom is 0.182 e. The Morgan fingerprint density at radius 2 is 1.45 bits per heavy atom. The molecule has 1 radical (unpaired) electrons.